The van der Waals surface area contributed by atoms with E-state index >= 15 is 0 Å². The molecule has 0 atom stereocenters. The maximum Gasteiger partial charge on any atom is 0.340 e. The van der Waals surface area contributed by atoms with Gasteiger partial charge in [0, 0.05) is 54.8 Å². The van der Waals surface area contributed by atoms with Gasteiger partial charge >= 0.3 is 5.97 Å². The highest BCUT2D eigenvalue weighted by Crippen LogP contribution is 2.39. The quantitative estimate of drug-likeness (QED) is 0.365. The van der Waals surface area contributed by atoms with E-state index in [9.17, 15) is 14.3 Å². The van der Waals surface area contributed by atoms with Crippen molar-refractivity contribution < 1.29 is 19.0 Å². The summed E-state index contributed by atoms with van der Waals surface area (Å²) in [6.45, 7) is 5.52. The number of rotatable bonds is 4. The minimum atomic E-state index is -0.704. The lowest BCUT2D eigenvalue weighted by atomic mass is 9.92. The molecule has 2 aromatic carbocycles. The van der Waals surface area contributed by atoms with Crippen molar-refractivity contribution >= 4 is 35.1 Å². The number of phenols is 1. The van der Waals surface area contributed by atoms with Gasteiger partial charge in [0.2, 0.25) is 0 Å². The molecular weight excluding hydrogens is 473 g/mol. The number of esters is 1. The third-order valence-corrected chi connectivity index (χ3v) is 6.12. The Hall–Kier alpha value is -3.69. The number of fused-ring (bicyclic) bond motifs is 1. The molecule has 10 heteroatoms. The molecule has 0 unspecified atom stereocenters. The number of methoxy groups -OCH3 is 1. The van der Waals surface area contributed by atoms with Gasteiger partial charge in [-0.2, -0.15) is 5.10 Å². The molecule has 0 amide bonds. The van der Waals surface area contributed by atoms with Crippen LogP contribution < -0.4 is 10.2 Å². The number of ether oxygens (including phenoxy) is 1. The minimum absolute atomic E-state index is 0. The number of aromatic hydroxyl groups is 1. The molecule has 1 aliphatic rings. The van der Waals surface area contributed by atoms with Crippen LogP contribution in [0.3, 0.4) is 0 Å². The van der Waals surface area contributed by atoms with Crippen molar-refractivity contribution in [1.29, 1.82) is 0 Å². The lowest BCUT2D eigenvalue weighted by Gasteiger charge is -2.29. The number of phenolic OH excluding ortho intramolecular Hbond substituents is 1. The third-order valence-electron chi connectivity index (χ3n) is 6.12. The fourth-order valence-electron chi connectivity index (χ4n) is 4.44. The van der Waals surface area contributed by atoms with Crippen LogP contribution >= 0.6 is 12.4 Å². The summed E-state index contributed by atoms with van der Waals surface area (Å²) in [7, 11) is 1.28. The van der Waals surface area contributed by atoms with E-state index in [4.69, 9.17) is 4.74 Å². The van der Waals surface area contributed by atoms with E-state index < -0.39 is 11.8 Å². The van der Waals surface area contributed by atoms with Crippen molar-refractivity contribution in [1.82, 2.24) is 20.5 Å². The molecule has 5 rings (SSSR count). The number of H-pyrrole nitrogens is 1. The molecule has 0 saturated carbocycles. The molecule has 3 N–H and O–H groups in total. The van der Waals surface area contributed by atoms with Crippen LogP contribution in [0.4, 0.5) is 10.1 Å². The Morgan fingerprint density at radius 3 is 2.51 bits per heavy atom. The van der Waals surface area contributed by atoms with E-state index in [-0.39, 0.29) is 35.0 Å². The van der Waals surface area contributed by atoms with Crippen molar-refractivity contribution in [2.45, 2.75) is 6.92 Å². The predicted octanol–water partition coefficient (Wildman–Crippen LogP) is 4.06. The Morgan fingerprint density at radius 2 is 1.86 bits per heavy atom. The van der Waals surface area contributed by atoms with Gasteiger partial charge < -0.3 is 20.1 Å². The number of aryl methyl sites for hydroxylation is 1. The highest BCUT2D eigenvalue weighted by atomic mass is 35.5. The van der Waals surface area contributed by atoms with E-state index in [0.717, 1.165) is 49.2 Å². The molecule has 1 saturated heterocycles. The fourth-order valence-corrected chi connectivity index (χ4v) is 4.44. The van der Waals surface area contributed by atoms with Crippen molar-refractivity contribution in [3.05, 3.63) is 59.5 Å². The molecule has 0 spiro atoms. The molecule has 1 fully saturated rings. The molecular formula is C25H25ClFN5O3. The van der Waals surface area contributed by atoms with Gasteiger partial charge in [0.25, 0.3) is 0 Å². The number of nitrogens with zero attached hydrogens (tertiary/aromatic N) is 3. The first kappa shape index (κ1) is 24.4. The summed E-state index contributed by atoms with van der Waals surface area (Å²) < 4.78 is 20.0. The maximum absolute atomic E-state index is 14.9. The molecule has 182 valence electrons. The lowest BCUT2D eigenvalue weighted by Crippen LogP contribution is -2.43. The number of carbonyl (C=O) groups excluding carboxylic acids is 1. The number of aromatic nitrogens is 3. The second kappa shape index (κ2) is 9.89. The van der Waals surface area contributed by atoms with Crippen molar-refractivity contribution in [3.8, 4) is 28.1 Å². The molecule has 8 nitrogen and oxygen atoms in total. The largest absolute Gasteiger partial charge is 0.508 e. The van der Waals surface area contributed by atoms with Crippen molar-refractivity contribution in [3.63, 3.8) is 0 Å². The highest BCUT2D eigenvalue weighted by Gasteiger charge is 2.27. The van der Waals surface area contributed by atoms with E-state index in [1.165, 1.54) is 19.2 Å². The maximum atomic E-state index is 14.9. The summed E-state index contributed by atoms with van der Waals surface area (Å²) >= 11 is 0. The van der Waals surface area contributed by atoms with Crippen molar-refractivity contribution in [2.75, 3.05) is 38.2 Å². The number of hydrogen-bond donors (Lipinski definition) is 3. The van der Waals surface area contributed by atoms with Gasteiger partial charge in [-0.25, -0.2) is 14.2 Å². The highest BCUT2D eigenvalue weighted by molar-refractivity contribution is 6.11. The number of benzene rings is 2. The van der Waals surface area contributed by atoms with Crippen LogP contribution in [0.15, 0.2) is 42.5 Å². The normalized spacial score (nSPS) is 13.5. The van der Waals surface area contributed by atoms with Gasteiger partial charge in [-0.05, 0) is 36.8 Å². The summed E-state index contributed by atoms with van der Waals surface area (Å²) in [6.07, 6.45) is 0. The van der Waals surface area contributed by atoms with E-state index in [2.05, 4.69) is 25.4 Å². The molecule has 1 aliphatic heterocycles. The van der Waals surface area contributed by atoms with E-state index in [1.54, 1.807) is 0 Å². The monoisotopic (exact) mass is 497 g/mol. The number of piperazine rings is 1. The van der Waals surface area contributed by atoms with Crippen LogP contribution in [-0.4, -0.2) is 59.5 Å². The van der Waals surface area contributed by atoms with Gasteiger partial charge in [0.1, 0.15) is 11.6 Å². The average Bonchev–Trinajstić information content (AvgIpc) is 3.23. The van der Waals surface area contributed by atoms with Crippen LogP contribution in [0.25, 0.3) is 33.4 Å². The Kier molecular flexibility index (Phi) is 6.90. The molecule has 2 aromatic heterocycles. The van der Waals surface area contributed by atoms with Gasteiger partial charge in [0.05, 0.1) is 23.8 Å². The van der Waals surface area contributed by atoms with Gasteiger partial charge in [-0.3, -0.25) is 5.10 Å². The predicted molar refractivity (Wildman–Crippen MR) is 135 cm³/mol. The van der Waals surface area contributed by atoms with Crippen LogP contribution in [0, 0.1) is 12.7 Å². The number of hydrogen-bond acceptors (Lipinski definition) is 7. The minimum Gasteiger partial charge on any atom is -0.508 e. The summed E-state index contributed by atoms with van der Waals surface area (Å²) in [4.78, 5) is 19.9. The SMILES string of the molecule is COC(=O)c1c(-c2ccc(O)cc2F)nc2n[nH]c(C)c2c1-c1ccc(N2CCNCC2)cc1.Cl. The zero-order valence-corrected chi connectivity index (χ0v) is 20.1. The smallest absolute Gasteiger partial charge is 0.340 e. The van der Waals surface area contributed by atoms with Gasteiger partial charge in [0.15, 0.2) is 5.65 Å². The first-order valence-corrected chi connectivity index (χ1v) is 11.0. The van der Waals surface area contributed by atoms with Crippen LogP contribution in [0.1, 0.15) is 16.1 Å². The zero-order valence-electron chi connectivity index (χ0n) is 19.3. The van der Waals surface area contributed by atoms with Gasteiger partial charge in [-0.1, -0.05) is 12.1 Å². The average molecular weight is 498 g/mol. The number of aromatic amines is 1. The summed E-state index contributed by atoms with van der Waals surface area (Å²) in [5.41, 5.74) is 3.81. The summed E-state index contributed by atoms with van der Waals surface area (Å²) in [6, 6.07) is 11.7. The standard InChI is InChI=1S/C25H24FN5O3.ClH/c1-14-20-21(15-3-5-16(6-4-15)31-11-9-27-10-12-31)22(25(33)34-2)23(28-24(20)30-29-14)18-8-7-17(32)13-19(18)26;/h3-8,13,27,32H,9-12H2,1-2H3,(H,28,29,30);1H. The van der Waals surface area contributed by atoms with E-state index in [0.29, 0.717) is 16.6 Å². The second-order valence-electron chi connectivity index (χ2n) is 8.20. The van der Waals surface area contributed by atoms with Crippen molar-refractivity contribution in [2.24, 2.45) is 0 Å². The number of halogens is 2. The first-order chi connectivity index (χ1) is 16.5. The number of nitrogens with one attached hydrogen (secondary N) is 2. The Bertz CT molecular complexity index is 1380. The van der Waals surface area contributed by atoms with Crippen LogP contribution in [0.5, 0.6) is 5.75 Å². The zero-order chi connectivity index (χ0) is 23.8. The fraction of sp³-hybridized carbons (Fsp3) is 0.240. The van der Waals surface area contributed by atoms with Gasteiger partial charge in [-0.15, -0.1) is 12.4 Å². The summed E-state index contributed by atoms with van der Waals surface area (Å²) in [5, 5.41) is 20.9. The first-order valence-electron chi connectivity index (χ1n) is 11.0. The van der Waals surface area contributed by atoms with Crippen LogP contribution in [-0.2, 0) is 4.74 Å². The summed E-state index contributed by atoms with van der Waals surface area (Å²) in [5.74, 6) is -1.57. The van der Waals surface area contributed by atoms with E-state index in [1.807, 2.05) is 31.2 Å². The topological polar surface area (TPSA) is 103 Å². The molecule has 0 bridgehead atoms. The van der Waals surface area contributed by atoms with Crippen LogP contribution in [0.2, 0.25) is 0 Å². The molecule has 4 aromatic rings. The lowest BCUT2D eigenvalue weighted by molar-refractivity contribution is 0.0602. The molecule has 35 heavy (non-hydrogen) atoms. The Labute approximate surface area is 207 Å². The Morgan fingerprint density at radius 1 is 1.14 bits per heavy atom. The number of carbonyl (C=O) groups is 1. The Balaban J connectivity index is 0.00000289. The molecule has 3 heterocycles. The molecule has 0 aliphatic carbocycles. The number of anilines is 1. The second-order valence-corrected chi connectivity index (χ2v) is 8.20. The third kappa shape index (κ3) is 4.40. The number of pyridine rings is 1. The molecule has 0 radical (unpaired) electrons.